The van der Waals surface area contributed by atoms with Crippen LogP contribution in [0.25, 0.3) is 0 Å². The minimum absolute atomic E-state index is 0.0599. The van der Waals surface area contributed by atoms with Crippen LogP contribution < -0.4 is 16.0 Å². The molecule has 1 saturated heterocycles. The van der Waals surface area contributed by atoms with Gasteiger partial charge in [0.1, 0.15) is 6.04 Å². The Bertz CT molecular complexity index is 512. The topological polar surface area (TPSA) is 62.4 Å². The Morgan fingerprint density at radius 1 is 1.33 bits per heavy atom. The van der Waals surface area contributed by atoms with Gasteiger partial charge in [-0.05, 0) is 30.4 Å². The number of rotatable bonds is 3. The fourth-order valence-electron chi connectivity index (χ4n) is 2.84. The molecule has 1 fully saturated rings. The zero-order valence-corrected chi connectivity index (χ0v) is 12.4. The largest absolute Gasteiger partial charge is 0.381 e. The van der Waals surface area contributed by atoms with Gasteiger partial charge < -0.3 is 20.7 Å². The Labute approximate surface area is 125 Å². The first-order valence-corrected chi connectivity index (χ1v) is 7.61. The van der Waals surface area contributed by atoms with E-state index in [0.29, 0.717) is 6.54 Å². The van der Waals surface area contributed by atoms with Crippen molar-refractivity contribution < 1.29 is 9.53 Å². The number of hydrogen-bond acceptors (Lipinski definition) is 4. The van der Waals surface area contributed by atoms with Crippen molar-refractivity contribution in [2.45, 2.75) is 25.8 Å². The van der Waals surface area contributed by atoms with Gasteiger partial charge in [0, 0.05) is 26.3 Å². The standard InChI is InChI=1S/C16H23N3O2/c1-16(6-8-21-9-7-16)11-18-15(20)14-10-17-12-4-2-3-5-13(12)19-14/h2-5,14,17,19H,6-11H2,1H3,(H,18,20). The van der Waals surface area contributed by atoms with Crippen LogP contribution in [-0.4, -0.2) is 38.3 Å². The summed E-state index contributed by atoms with van der Waals surface area (Å²) in [6.07, 6.45) is 2.01. The average Bonchev–Trinajstić information content (AvgIpc) is 2.53. The van der Waals surface area contributed by atoms with Crippen molar-refractivity contribution in [2.24, 2.45) is 5.41 Å². The van der Waals surface area contributed by atoms with E-state index in [9.17, 15) is 4.79 Å². The molecule has 2 aliphatic heterocycles. The van der Waals surface area contributed by atoms with E-state index in [0.717, 1.165) is 44.0 Å². The number of hydrogen-bond donors (Lipinski definition) is 3. The molecule has 0 bridgehead atoms. The van der Waals surface area contributed by atoms with Crippen molar-refractivity contribution in [3.8, 4) is 0 Å². The Hall–Kier alpha value is -1.75. The molecule has 0 radical (unpaired) electrons. The van der Waals surface area contributed by atoms with Gasteiger partial charge in [0.25, 0.3) is 0 Å². The third kappa shape index (κ3) is 3.29. The van der Waals surface area contributed by atoms with Crippen LogP contribution in [0.4, 0.5) is 11.4 Å². The Balaban J connectivity index is 1.55. The SMILES string of the molecule is CC1(CNC(=O)C2CNc3ccccc3N2)CCOCC1. The normalized spacial score (nSPS) is 23.4. The number of para-hydroxylation sites is 2. The van der Waals surface area contributed by atoms with Gasteiger partial charge in [-0.15, -0.1) is 0 Å². The van der Waals surface area contributed by atoms with E-state index in [1.54, 1.807) is 0 Å². The molecule has 5 heteroatoms. The van der Waals surface area contributed by atoms with Gasteiger partial charge >= 0.3 is 0 Å². The highest BCUT2D eigenvalue weighted by molar-refractivity contribution is 5.88. The molecule has 1 atom stereocenters. The molecule has 3 rings (SSSR count). The van der Waals surface area contributed by atoms with Gasteiger partial charge in [0.05, 0.1) is 11.4 Å². The lowest BCUT2D eigenvalue weighted by Gasteiger charge is -2.34. The first-order valence-electron chi connectivity index (χ1n) is 7.61. The Kier molecular flexibility index (Phi) is 4.01. The number of fused-ring (bicyclic) bond motifs is 1. The van der Waals surface area contributed by atoms with E-state index >= 15 is 0 Å². The molecule has 3 N–H and O–H groups in total. The smallest absolute Gasteiger partial charge is 0.244 e. The third-order valence-corrected chi connectivity index (χ3v) is 4.46. The number of anilines is 2. The van der Waals surface area contributed by atoms with Crippen LogP contribution in [0.15, 0.2) is 24.3 Å². The van der Waals surface area contributed by atoms with Crippen molar-refractivity contribution in [1.29, 1.82) is 0 Å². The third-order valence-electron chi connectivity index (χ3n) is 4.46. The van der Waals surface area contributed by atoms with E-state index in [-0.39, 0.29) is 17.4 Å². The summed E-state index contributed by atoms with van der Waals surface area (Å²) in [5.74, 6) is 0.0599. The Morgan fingerprint density at radius 3 is 2.81 bits per heavy atom. The van der Waals surface area contributed by atoms with Crippen LogP contribution >= 0.6 is 0 Å². The molecule has 2 heterocycles. The fraction of sp³-hybridized carbons (Fsp3) is 0.562. The fourth-order valence-corrected chi connectivity index (χ4v) is 2.84. The van der Waals surface area contributed by atoms with E-state index in [4.69, 9.17) is 4.74 Å². The number of benzene rings is 1. The zero-order valence-electron chi connectivity index (χ0n) is 12.4. The molecule has 5 nitrogen and oxygen atoms in total. The minimum Gasteiger partial charge on any atom is -0.381 e. The average molecular weight is 289 g/mol. The molecule has 1 amide bonds. The zero-order chi connectivity index (χ0) is 14.7. The number of carbonyl (C=O) groups is 1. The number of ether oxygens (including phenoxy) is 1. The second kappa shape index (κ2) is 5.93. The minimum atomic E-state index is -0.219. The monoisotopic (exact) mass is 289 g/mol. The second-order valence-electron chi connectivity index (χ2n) is 6.26. The summed E-state index contributed by atoms with van der Waals surface area (Å²) >= 11 is 0. The molecular weight excluding hydrogens is 266 g/mol. The van der Waals surface area contributed by atoms with Crippen molar-refractivity contribution in [2.75, 3.05) is 36.9 Å². The van der Waals surface area contributed by atoms with E-state index in [1.165, 1.54) is 0 Å². The number of amides is 1. The van der Waals surface area contributed by atoms with Crippen molar-refractivity contribution >= 4 is 17.3 Å². The van der Waals surface area contributed by atoms with Gasteiger partial charge in [-0.3, -0.25) is 4.79 Å². The molecule has 2 aliphatic rings. The first kappa shape index (κ1) is 14.2. The summed E-state index contributed by atoms with van der Waals surface area (Å²) in [6, 6.07) is 7.74. The van der Waals surface area contributed by atoms with E-state index < -0.39 is 0 Å². The molecular formula is C16H23N3O2. The van der Waals surface area contributed by atoms with E-state index in [2.05, 4.69) is 22.9 Å². The lowest BCUT2D eigenvalue weighted by molar-refractivity contribution is -0.122. The summed E-state index contributed by atoms with van der Waals surface area (Å²) in [4.78, 5) is 12.3. The lowest BCUT2D eigenvalue weighted by Crippen LogP contribution is -2.49. The quantitative estimate of drug-likeness (QED) is 0.794. The van der Waals surface area contributed by atoms with Crippen molar-refractivity contribution in [1.82, 2.24) is 5.32 Å². The highest BCUT2D eigenvalue weighted by Crippen LogP contribution is 2.29. The maximum absolute atomic E-state index is 12.3. The predicted molar refractivity (Wildman–Crippen MR) is 83.5 cm³/mol. The molecule has 114 valence electrons. The summed E-state index contributed by atoms with van der Waals surface area (Å²) < 4.78 is 5.39. The molecule has 21 heavy (non-hydrogen) atoms. The van der Waals surface area contributed by atoms with Gasteiger partial charge in [0.15, 0.2) is 0 Å². The van der Waals surface area contributed by atoms with Gasteiger partial charge in [-0.1, -0.05) is 19.1 Å². The van der Waals surface area contributed by atoms with Crippen LogP contribution in [0.2, 0.25) is 0 Å². The maximum Gasteiger partial charge on any atom is 0.244 e. The number of carbonyl (C=O) groups excluding carboxylic acids is 1. The molecule has 0 aliphatic carbocycles. The highest BCUT2D eigenvalue weighted by Gasteiger charge is 2.30. The molecule has 1 aromatic carbocycles. The summed E-state index contributed by atoms with van der Waals surface area (Å²) in [5.41, 5.74) is 2.20. The molecule has 0 saturated carbocycles. The predicted octanol–water partition coefficient (Wildman–Crippen LogP) is 1.83. The van der Waals surface area contributed by atoms with Crippen LogP contribution in [0.1, 0.15) is 19.8 Å². The van der Waals surface area contributed by atoms with Crippen LogP contribution in [-0.2, 0) is 9.53 Å². The van der Waals surface area contributed by atoms with Crippen LogP contribution in [0, 0.1) is 5.41 Å². The first-order chi connectivity index (χ1) is 10.2. The van der Waals surface area contributed by atoms with Crippen LogP contribution in [0.3, 0.4) is 0 Å². The molecule has 1 unspecified atom stereocenters. The summed E-state index contributed by atoms with van der Waals surface area (Å²) in [7, 11) is 0. The van der Waals surface area contributed by atoms with Gasteiger partial charge in [-0.2, -0.15) is 0 Å². The van der Waals surface area contributed by atoms with Crippen molar-refractivity contribution in [3.05, 3.63) is 24.3 Å². The molecule has 0 spiro atoms. The van der Waals surface area contributed by atoms with Crippen molar-refractivity contribution in [3.63, 3.8) is 0 Å². The maximum atomic E-state index is 12.3. The molecule has 1 aromatic rings. The summed E-state index contributed by atoms with van der Waals surface area (Å²) in [5, 5.41) is 9.69. The van der Waals surface area contributed by atoms with Gasteiger partial charge in [-0.25, -0.2) is 0 Å². The second-order valence-corrected chi connectivity index (χ2v) is 6.26. The lowest BCUT2D eigenvalue weighted by atomic mass is 9.82. The van der Waals surface area contributed by atoms with Gasteiger partial charge in [0.2, 0.25) is 5.91 Å². The highest BCUT2D eigenvalue weighted by atomic mass is 16.5. The van der Waals surface area contributed by atoms with Crippen LogP contribution in [0.5, 0.6) is 0 Å². The number of nitrogens with one attached hydrogen (secondary N) is 3. The van der Waals surface area contributed by atoms with E-state index in [1.807, 2.05) is 24.3 Å². The molecule has 0 aromatic heterocycles. The Morgan fingerprint density at radius 2 is 2.05 bits per heavy atom. The summed E-state index contributed by atoms with van der Waals surface area (Å²) in [6.45, 7) is 5.14.